The minimum atomic E-state index is -0.352. The fourth-order valence-electron chi connectivity index (χ4n) is 2.96. The van der Waals surface area contributed by atoms with E-state index in [1.165, 1.54) is 11.3 Å². The van der Waals surface area contributed by atoms with Crippen molar-refractivity contribution >= 4 is 40.6 Å². The first-order chi connectivity index (χ1) is 12.1. The molecule has 1 aromatic carbocycles. The largest absolute Gasteiger partial charge is 0.352 e. The molecular weight excluding hydrogens is 360 g/mol. The van der Waals surface area contributed by atoms with Gasteiger partial charge in [0, 0.05) is 22.1 Å². The molecule has 1 heterocycles. The Morgan fingerprint density at radius 1 is 1.20 bits per heavy atom. The predicted molar refractivity (Wildman–Crippen MR) is 98.1 cm³/mol. The number of halogens is 1. The van der Waals surface area contributed by atoms with Gasteiger partial charge < -0.3 is 5.32 Å². The fourth-order valence-corrected chi connectivity index (χ4v) is 3.52. The summed E-state index contributed by atoms with van der Waals surface area (Å²) in [5.41, 5.74) is 0.826. The van der Waals surface area contributed by atoms with E-state index in [4.69, 9.17) is 11.6 Å². The van der Waals surface area contributed by atoms with Crippen molar-refractivity contribution in [2.75, 3.05) is 11.4 Å². The molecule has 1 aliphatic carbocycles. The summed E-state index contributed by atoms with van der Waals surface area (Å²) in [5, 5.41) is 9.00. The summed E-state index contributed by atoms with van der Waals surface area (Å²) in [6.07, 6.45) is 5.48. The first-order valence-corrected chi connectivity index (χ1v) is 9.49. The van der Waals surface area contributed by atoms with Gasteiger partial charge in [-0.05, 0) is 48.6 Å². The van der Waals surface area contributed by atoms with Crippen LogP contribution in [0.2, 0.25) is 5.02 Å². The lowest BCUT2D eigenvalue weighted by Gasteiger charge is -2.26. The zero-order chi connectivity index (χ0) is 17.6. The zero-order valence-corrected chi connectivity index (χ0v) is 15.2. The molecule has 0 bridgehead atoms. The molecule has 0 aliphatic heterocycles. The molecule has 1 aliphatic rings. The van der Waals surface area contributed by atoms with Gasteiger partial charge in [-0.25, -0.2) is 0 Å². The standard InChI is InChI=1S/C17H19ClN4O2S/c18-12-6-8-14(9-7-12)22(17(24)15-11-25-21-20-15)10-16(23)19-13-4-2-1-3-5-13/h6-9,11,13H,1-5,10H2,(H,19,23). The average molecular weight is 379 g/mol. The maximum atomic E-state index is 12.7. The summed E-state index contributed by atoms with van der Waals surface area (Å²) in [5.74, 6) is -0.520. The number of nitrogens with zero attached hydrogens (tertiary/aromatic N) is 3. The van der Waals surface area contributed by atoms with Crippen LogP contribution in [-0.4, -0.2) is 34.0 Å². The normalized spacial score (nSPS) is 14.9. The van der Waals surface area contributed by atoms with Crippen LogP contribution in [0.25, 0.3) is 0 Å². The molecular formula is C17H19ClN4O2S. The Balaban J connectivity index is 1.74. The molecule has 2 amide bonds. The van der Waals surface area contributed by atoms with E-state index in [2.05, 4.69) is 14.9 Å². The van der Waals surface area contributed by atoms with Gasteiger partial charge >= 0.3 is 0 Å². The van der Waals surface area contributed by atoms with E-state index >= 15 is 0 Å². The molecule has 0 saturated heterocycles. The molecule has 1 aromatic heterocycles. The summed E-state index contributed by atoms with van der Waals surface area (Å²) in [6.45, 7) is -0.0610. The summed E-state index contributed by atoms with van der Waals surface area (Å²) in [7, 11) is 0. The van der Waals surface area contributed by atoms with Crippen LogP contribution in [-0.2, 0) is 4.79 Å². The van der Waals surface area contributed by atoms with E-state index in [0.29, 0.717) is 10.7 Å². The monoisotopic (exact) mass is 378 g/mol. The van der Waals surface area contributed by atoms with Crippen LogP contribution in [0.15, 0.2) is 29.6 Å². The summed E-state index contributed by atoms with van der Waals surface area (Å²) in [4.78, 5) is 26.6. The predicted octanol–water partition coefficient (Wildman–Crippen LogP) is 3.29. The molecule has 0 unspecified atom stereocenters. The van der Waals surface area contributed by atoms with Crippen molar-refractivity contribution in [3.8, 4) is 0 Å². The summed E-state index contributed by atoms with van der Waals surface area (Å²) in [6, 6.07) is 7.01. The molecule has 3 rings (SSSR count). The van der Waals surface area contributed by atoms with Gasteiger partial charge in [0.25, 0.3) is 5.91 Å². The molecule has 1 saturated carbocycles. The molecule has 0 radical (unpaired) electrons. The van der Waals surface area contributed by atoms with Gasteiger partial charge in [0.15, 0.2) is 5.69 Å². The number of benzene rings is 1. The van der Waals surface area contributed by atoms with Crippen molar-refractivity contribution in [1.82, 2.24) is 14.9 Å². The second-order valence-electron chi connectivity index (χ2n) is 6.06. The maximum absolute atomic E-state index is 12.7. The maximum Gasteiger partial charge on any atom is 0.280 e. The second-order valence-corrected chi connectivity index (χ2v) is 7.11. The van der Waals surface area contributed by atoms with Crippen LogP contribution >= 0.6 is 23.1 Å². The van der Waals surface area contributed by atoms with Gasteiger partial charge in [0.05, 0.1) is 0 Å². The fraction of sp³-hybridized carbons (Fsp3) is 0.412. The van der Waals surface area contributed by atoms with E-state index in [0.717, 1.165) is 37.2 Å². The Morgan fingerprint density at radius 3 is 2.56 bits per heavy atom. The molecule has 0 atom stereocenters. The lowest BCUT2D eigenvalue weighted by Crippen LogP contribution is -2.45. The number of amides is 2. The van der Waals surface area contributed by atoms with Crippen LogP contribution in [0.1, 0.15) is 42.6 Å². The Bertz CT molecular complexity index is 715. The molecule has 2 aromatic rings. The number of carbonyl (C=O) groups excluding carboxylic acids is 2. The third kappa shape index (κ3) is 4.76. The van der Waals surface area contributed by atoms with E-state index in [1.54, 1.807) is 29.6 Å². The van der Waals surface area contributed by atoms with Gasteiger partial charge in [-0.3, -0.25) is 14.5 Å². The van der Waals surface area contributed by atoms with Gasteiger partial charge in [-0.15, -0.1) is 5.10 Å². The van der Waals surface area contributed by atoms with Crippen molar-refractivity contribution in [3.05, 3.63) is 40.4 Å². The van der Waals surface area contributed by atoms with Gasteiger partial charge in [-0.1, -0.05) is 35.4 Å². The van der Waals surface area contributed by atoms with Crippen molar-refractivity contribution in [2.24, 2.45) is 0 Å². The summed E-state index contributed by atoms with van der Waals surface area (Å²) < 4.78 is 3.73. The van der Waals surface area contributed by atoms with Crippen molar-refractivity contribution in [1.29, 1.82) is 0 Å². The number of rotatable bonds is 5. The van der Waals surface area contributed by atoms with Gasteiger partial charge in [-0.2, -0.15) is 0 Å². The van der Waals surface area contributed by atoms with Crippen molar-refractivity contribution in [2.45, 2.75) is 38.1 Å². The van der Waals surface area contributed by atoms with E-state index < -0.39 is 0 Å². The number of hydrogen-bond acceptors (Lipinski definition) is 5. The van der Waals surface area contributed by atoms with Crippen LogP contribution in [0.4, 0.5) is 5.69 Å². The minimum absolute atomic E-state index is 0.0610. The van der Waals surface area contributed by atoms with Crippen molar-refractivity contribution in [3.63, 3.8) is 0 Å². The molecule has 25 heavy (non-hydrogen) atoms. The lowest BCUT2D eigenvalue weighted by atomic mass is 9.95. The molecule has 1 fully saturated rings. The van der Waals surface area contributed by atoms with E-state index in [9.17, 15) is 9.59 Å². The smallest absolute Gasteiger partial charge is 0.280 e. The highest BCUT2D eigenvalue weighted by molar-refractivity contribution is 7.03. The highest BCUT2D eigenvalue weighted by Gasteiger charge is 2.24. The number of hydrogen-bond donors (Lipinski definition) is 1. The lowest BCUT2D eigenvalue weighted by molar-refractivity contribution is -0.120. The number of aromatic nitrogens is 2. The van der Waals surface area contributed by atoms with E-state index in [1.807, 2.05) is 0 Å². The number of nitrogens with one attached hydrogen (secondary N) is 1. The second kappa shape index (κ2) is 8.40. The average Bonchev–Trinajstić information content (AvgIpc) is 3.15. The quantitative estimate of drug-likeness (QED) is 0.866. The van der Waals surface area contributed by atoms with Gasteiger partial charge in [0.2, 0.25) is 5.91 Å². The molecule has 6 nitrogen and oxygen atoms in total. The highest BCUT2D eigenvalue weighted by Crippen LogP contribution is 2.21. The number of carbonyl (C=O) groups is 2. The zero-order valence-electron chi connectivity index (χ0n) is 13.7. The SMILES string of the molecule is O=C(CN(C(=O)c1csnn1)c1ccc(Cl)cc1)NC1CCCCC1. The number of anilines is 1. The van der Waals surface area contributed by atoms with Gasteiger partial charge in [0.1, 0.15) is 6.54 Å². The molecule has 1 N–H and O–H groups in total. The highest BCUT2D eigenvalue weighted by atomic mass is 35.5. The minimum Gasteiger partial charge on any atom is -0.352 e. The van der Waals surface area contributed by atoms with Crippen LogP contribution in [0, 0.1) is 0 Å². The molecule has 0 spiro atoms. The Labute approximate surface area is 155 Å². The Hall–Kier alpha value is -1.99. The molecule has 132 valence electrons. The Morgan fingerprint density at radius 2 is 1.92 bits per heavy atom. The van der Waals surface area contributed by atoms with Crippen LogP contribution < -0.4 is 10.2 Å². The molecule has 8 heteroatoms. The third-order valence-electron chi connectivity index (χ3n) is 4.23. The summed E-state index contributed by atoms with van der Waals surface area (Å²) >= 11 is 7.03. The topological polar surface area (TPSA) is 75.2 Å². The van der Waals surface area contributed by atoms with Crippen LogP contribution in [0.5, 0.6) is 0 Å². The first-order valence-electron chi connectivity index (χ1n) is 8.27. The van der Waals surface area contributed by atoms with Crippen LogP contribution in [0.3, 0.4) is 0 Å². The Kier molecular flexibility index (Phi) is 5.99. The third-order valence-corrected chi connectivity index (χ3v) is 4.99. The van der Waals surface area contributed by atoms with E-state index in [-0.39, 0.29) is 30.1 Å². The first kappa shape index (κ1) is 17.8. The van der Waals surface area contributed by atoms with Crippen molar-refractivity contribution < 1.29 is 9.59 Å².